The molecular formula is C13H24N4O5. The van der Waals surface area contributed by atoms with Crippen molar-refractivity contribution < 1.29 is 24.3 Å². The topological polar surface area (TPSA) is 165 Å². The zero-order valence-electron chi connectivity index (χ0n) is 12.8. The number of carbonyl (C=O) groups is 4. The van der Waals surface area contributed by atoms with Crippen molar-refractivity contribution in [1.82, 2.24) is 10.6 Å². The van der Waals surface area contributed by atoms with E-state index in [2.05, 4.69) is 10.6 Å². The molecule has 0 saturated heterocycles. The minimum absolute atomic E-state index is 0.0339. The number of hydrogen-bond acceptors (Lipinski definition) is 5. The van der Waals surface area contributed by atoms with Crippen LogP contribution < -0.4 is 22.1 Å². The van der Waals surface area contributed by atoms with Gasteiger partial charge in [-0.1, -0.05) is 20.3 Å². The van der Waals surface area contributed by atoms with Crippen LogP contribution in [-0.2, 0) is 19.2 Å². The van der Waals surface area contributed by atoms with Crippen LogP contribution in [0.4, 0.5) is 0 Å². The molecule has 0 unspecified atom stereocenters. The molecule has 3 amide bonds. The number of carbonyl (C=O) groups excluding carboxylic acids is 3. The summed E-state index contributed by atoms with van der Waals surface area (Å²) in [7, 11) is 0. The normalized spacial score (nSPS) is 14.5. The summed E-state index contributed by atoms with van der Waals surface area (Å²) in [6, 6.07) is -1.86. The van der Waals surface area contributed by atoms with E-state index in [9.17, 15) is 19.2 Å². The maximum atomic E-state index is 12.0. The monoisotopic (exact) mass is 316 g/mol. The van der Waals surface area contributed by atoms with Crippen LogP contribution in [0.25, 0.3) is 0 Å². The van der Waals surface area contributed by atoms with Gasteiger partial charge < -0.3 is 27.2 Å². The van der Waals surface area contributed by atoms with Gasteiger partial charge in [-0.25, -0.2) is 0 Å². The van der Waals surface area contributed by atoms with Crippen molar-refractivity contribution in [1.29, 1.82) is 0 Å². The largest absolute Gasteiger partial charge is 0.480 e. The van der Waals surface area contributed by atoms with Crippen molar-refractivity contribution in [3.63, 3.8) is 0 Å². The molecule has 0 aliphatic carbocycles. The number of hydrogen-bond donors (Lipinski definition) is 5. The van der Waals surface area contributed by atoms with E-state index < -0.39 is 42.3 Å². The molecule has 0 fully saturated rings. The molecular weight excluding hydrogens is 292 g/mol. The van der Waals surface area contributed by atoms with Crippen LogP contribution in [0, 0.1) is 5.92 Å². The Morgan fingerprint density at radius 2 is 1.77 bits per heavy atom. The fourth-order valence-electron chi connectivity index (χ4n) is 1.66. The lowest BCUT2D eigenvalue weighted by molar-refractivity contribution is -0.138. The molecule has 0 aromatic rings. The third-order valence-electron chi connectivity index (χ3n) is 3.25. The Hall–Kier alpha value is -2.16. The second kappa shape index (κ2) is 9.72. The van der Waals surface area contributed by atoms with Crippen LogP contribution in [0.2, 0.25) is 0 Å². The Balaban J connectivity index is 4.70. The lowest BCUT2D eigenvalue weighted by Crippen LogP contribution is -2.54. The molecule has 0 bridgehead atoms. The van der Waals surface area contributed by atoms with Crippen LogP contribution >= 0.6 is 0 Å². The highest BCUT2D eigenvalue weighted by Gasteiger charge is 2.28. The molecule has 0 rings (SSSR count). The first-order chi connectivity index (χ1) is 10.2. The summed E-state index contributed by atoms with van der Waals surface area (Å²) < 4.78 is 0. The molecule has 126 valence electrons. The second-order valence-electron chi connectivity index (χ2n) is 5.09. The third-order valence-corrected chi connectivity index (χ3v) is 3.25. The van der Waals surface area contributed by atoms with Crippen molar-refractivity contribution in [2.45, 2.75) is 45.2 Å². The van der Waals surface area contributed by atoms with E-state index in [-0.39, 0.29) is 18.8 Å². The summed E-state index contributed by atoms with van der Waals surface area (Å²) in [4.78, 5) is 45.1. The van der Waals surface area contributed by atoms with Gasteiger partial charge in [-0.3, -0.25) is 19.2 Å². The quantitative estimate of drug-likeness (QED) is 0.322. The SMILES string of the molecule is CC[C@H](C)[C@H](NC(=O)[C@@H](N)CCC(N)=O)C(=O)NCC(=O)O. The van der Waals surface area contributed by atoms with Crippen LogP contribution in [0.15, 0.2) is 0 Å². The molecule has 0 aromatic heterocycles. The van der Waals surface area contributed by atoms with E-state index in [4.69, 9.17) is 16.6 Å². The zero-order valence-corrected chi connectivity index (χ0v) is 12.8. The fraction of sp³-hybridized carbons (Fsp3) is 0.692. The molecule has 0 radical (unpaired) electrons. The van der Waals surface area contributed by atoms with Gasteiger partial charge in [0.25, 0.3) is 0 Å². The third kappa shape index (κ3) is 7.58. The molecule has 9 heteroatoms. The Morgan fingerprint density at radius 3 is 2.23 bits per heavy atom. The van der Waals surface area contributed by atoms with E-state index >= 15 is 0 Å². The van der Waals surface area contributed by atoms with E-state index in [1.165, 1.54) is 0 Å². The molecule has 0 aliphatic heterocycles. The van der Waals surface area contributed by atoms with Crippen LogP contribution in [0.3, 0.4) is 0 Å². The molecule has 7 N–H and O–H groups in total. The zero-order chi connectivity index (χ0) is 17.3. The van der Waals surface area contributed by atoms with Gasteiger partial charge in [-0.15, -0.1) is 0 Å². The average Bonchev–Trinajstić information content (AvgIpc) is 2.46. The highest BCUT2D eigenvalue weighted by atomic mass is 16.4. The Bertz CT molecular complexity index is 427. The maximum absolute atomic E-state index is 12.0. The van der Waals surface area contributed by atoms with Crippen LogP contribution in [0.5, 0.6) is 0 Å². The van der Waals surface area contributed by atoms with Crippen molar-refractivity contribution in [3.05, 3.63) is 0 Å². The molecule has 0 spiro atoms. The van der Waals surface area contributed by atoms with Gasteiger partial charge in [0.1, 0.15) is 12.6 Å². The van der Waals surface area contributed by atoms with Crippen molar-refractivity contribution in [2.75, 3.05) is 6.54 Å². The molecule has 22 heavy (non-hydrogen) atoms. The van der Waals surface area contributed by atoms with E-state index in [1.807, 2.05) is 6.92 Å². The summed E-state index contributed by atoms with van der Waals surface area (Å²) in [6.07, 6.45) is 0.640. The predicted octanol–water partition coefficient (Wildman–Crippen LogP) is -1.69. The fourth-order valence-corrected chi connectivity index (χ4v) is 1.66. The molecule has 9 nitrogen and oxygen atoms in total. The van der Waals surface area contributed by atoms with E-state index in [1.54, 1.807) is 6.92 Å². The standard InChI is InChI=1S/C13H24N4O5/c1-3-7(2)11(13(22)16-6-10(19)20)17-12(21)8(14)4-5-9(15)18/h7-8,11H,3-6,14H2,1-2H3,(H2,15,18)(H,16,22)(H,17,21)(H,19,20)/t7-,8-,11-/m0/s1. The second-order valence-corrected chi connectivity index (χ2v) is 5.09. The Morgan fingerprint density at radius 1 is 1.18 bits per heavy atom. The van der Waals surface area contributed by atoms with Gasteiger partial charge in [-0.2, -0.15) is 0 Å². The maximum Gasteiger partial charge on any atom is 0.322 e. The van der Waals surface area contributed by atoms with Crippen molar-refractivity contribution >= 4 is 23.7 Å². The summed E-state index contributed by atoms with van der Waals surface area (Å²) in [5, 5.41) is 13.3. The Labute approximate surface area is 128 Å². The predicted molar refractivity (Wildman–Crippen MR) is 78.4 cm³/mol. The molecule has 0 aromatic carbocycles. The minimum atomic E-state index is -1.18. The first kappa shape index (κ1) is 19.8. The number of aliphatic carboxylic acids is 1. The lowest BCUT2D eigenvalue weighted by atomic mass is 9.97. The van der Waals surface area contributed by atoms with E-state index in [0.29, 0.717) is 6.42 Å². The van der Waals surface area contributed by atoms with Gasteiger partial charge in [0.2, 0.25) is 17.7 Å². The van der Waals surface area contributed by atoms with Gasteiger partial charge in [0, 0.05) is 6.42 Å². The average molecular weight is 316 g/mol. The number of rotatable bonds is 10. The van der Waals surface area contributed by atoms with Crippen molar-refractivity contribution in [3.8, 4) is 0 Å². The van der Waals surface area contributed by atoms with E-state index in [0.717, 1.165) is 0 Å². The highest BCUT2D eigenvalue weighted by molar-refractivity contribution is 5.91. The number of carboxylic acid groups (broad SMARTS) is 1. The number of amides is 3. The van der Waals surface area contributed by atoms with Gasteiger partial charge >= 0.3 is 5.97 Å². The summed E-state index contributed by atoms with van der Waals surface area (Å²) in [5.41, 5.74) is 10.6. The molecule has 0 aliphatic rings. The summed E-state index contributed by atoms with van der Waals surface area (Å²) in [5.74, 6) is -3.13. The Kier molecular flexibility index (Phi) is 8.76. The highest BCUT2D eigenvalue weighted by Crippen LogP contribution is 2.08. The first-order valence-corrected chi connectivity index (χ1v) is 7.02. The number of nitrogens with two attached hydrogens (primary N) is 2. The summed E-state index contributed by atoms with van der Waals surface area (Å²) in [6.45, 7) is 3.05. The lowest BCUT2D eigenvalue weighted by Gasteiger charge is -2.24. The van der Waals surface area contributed by atoms with Gasteiger partial charge in [0.05, 0.1) is 6.04 Å². The van der Waals surface area contributed by atoms with Crippen LogP contribution in [-0.4, -0.2) is 47.4 Å². The molecule has 0 saturated carbocycles. The van der Waals surface area contributed by atoms with Crippen LogP contribution in [0.1, 0.15) is 33.1 Å². The molecule has 0 heterocycles. The summed E-state index contributed by atoms with van der Waals surface area (Å²) >= 11 is 0. The number of carboxylic acids is 1. The first-order valence-electron chi connectivity index (χ1n) is 7.02. The smallest absolute Gasteiger partial charge is 0.322 e. The van der Waals surface area contributed by atoms with Crippen molar-refractivity contribution in [2.24, 2.45) is 17.4 Å². The van der Waals surface area contributed by atoms with Gasteiger partial charge in [-0.05, 0) is 12.3 Å². The number of primary amides is 1. The number of nitrogens with one attached hydrogen (secondary N) is 2. The van der Waals surface area contributed by atoms with Gasteiger partial charge in [0.15, 0.2) is 0 Å². The minimum Gasteiger partial charge on any atom is -0.480 e. The molecule has 3 atom stereocenters.